The van der Waals surface area contributed by atoms with Gasteiger partial charge in [0.1, 0.15) is 5.82 Å². The summed E-state index contributed by atoms with van der Waals surface area (Å²) in [6.07, 6.45) is 2.03. The molecule has 0 saturated heterocycles. The first kappa shape index (κ1) is 12.1. The Morgan fingerprint density at radius 3 is 2.93 bits per heavy atom. The van der Waals surface area contributed by atoms with E-state index >= 15 is 0 Å². The molecule has 0 aromatic carbocycles. The Hall–Kier alpha value is -0.940. The van der Waals surface area contributed by atoms with Gasteiger partial charge in [-0.25, -0.2) is 4.98 Å². The topological polar surface area (TPSA) is 52.0 Å². The summed E-state index contributed by atoms with van der Waals surface area (Å²) in [5.74, 6) is 1.91. The van der Waals surface area contributed by atoms with Crippen molar-refractivity contribution in [2.24, 2.45) is 7.05 Å². The van der Waals surface area contributed by atoms with Crippen LogP contribution in [0.25, 0.3) is 0 Å². The lowest BCUT2D eigenvalue weighted by Crippen LogP contribution is -2.20. The molecule has 0 fully saturated rings. The lowest BCUT2D eigenvalue weighted by Gasteiger charge is -2.02. The summed E-state index contributed by atoms with van der Waals surface area (Å²) in [6, 6.07) is 0. The van der Waals surface area contributed by atoms with E-state index in [1.807, 2.05) is 11.7 Å². The van der Waals surface area contributed by atoms with Crippen LogP contribution in [0.5, 0.6) is 0 Å². The first-order valence-electron chi connectivity index (χ1n) is 5.36. The molecule has 0 aliphatic heterocycles. The second-order valence-corrected chi connectivity index (χ2v) is 3.49. The lowest BCUT2D eigenvalue weighted by atomic mass is 10.3. The highest BCUT2D eigenvalue weighted by atomic mass is 16.5. The van der Waals surface area contributed by atoms with Crippen molar-refractivity contribution in [2.45, 2.75) is 26.3 Å². The monoisotopic (exact) mass is 212 g/mol. The van der Waals surface area contributed by atoms with Crippen molar-refractivity contribution in [3.05, 3.63) is 11.6 Å². The van der Waals surface area contributed by atoms with Crippen LogP contribution < -0.4 is 5.32 Å². The molecular weight excluding hydrogens is 192 g/mol. The van der Waals surface area contributed by atoms with Crippen LogP contribution in [-0.4, -0.2) is 35.0 Å². The normalized spacial score (nSPS) is 10.9. The summed E-state index contributed by atoms with van der Waals surface area (Å²) in [5, 5.41) is 7.58. The highest BCUT2D eigenvalue weighted by Crippen LogP contribution is 1.99. The van der Waals surface area contributed by atoms with Crippen LogP contribution in [0.4, 0.5) is 0 Å². The molecule has 0 saturated carbocycles. The molecule has 0 spiro atoms. The van der Waals surface area contributed by atoms with Gasteiger partial charge in [-0.1, -0.05) is 6.92 Å². The van der Waals surface area contributed by atoms with E-state index in [0.29, 0.717) is 0 Å². The van der Waals surface area contributed by atoms with E-state index in [2.05, 4.69) is 22.3 Å². The number of aryl methyl sites for hydroxylation is 2. The maximum absolute atomic E-state index is 4.95. The summed E-state index contributed by atoms with van der Waals surface area (Å²) in [6.45, 7) is 4.44. The fraction of sp³-hybridized carbons (Fsp3) is 0.800. The van der Waals surface area contributed by atoms with Gasteiger partial charge in [-0.05, 0) is 6.42 Å². The number of hydrogen-bond acceptors (Lipinski definition) is 4. The van der Waals surface area contributed by atoms with Crippen molar-refractivity contribution in [1.29, 1.82) is 0 Å². The fourth-order valence-electron chi connectivity index (χ4n) is 1.33. The first-order valence-corrected chi connectivity index (χ1v) is 5.36. The van der Waals surface area contributed by atoms with Gasteiger partial charge in [-0.15, -0.1) is 0 Å². The van der Waals surface area contributed by atoms with Gasteiger partial charge in [0.2, 0.25) is 0 Å². The van der Waals surface area contributed by atoms with E-state index in [4.69, 9.17) is 4.74 Å². The molecule has 0 bridgehead atoms. The average molecular weight is 212 g/mol. The Morgan fingerprint density at radius 1 is 1.47 bits per heavy atom. The Labute approximate surface area is 90.8 Å². The average Bonchev–Trinajstić information content (AvgIpc) is 2.55. The van der Waals surface area contributed by atoms with Crippen molar-refractivity contribution in [2.75, 3.05) is 20.3 Å². The Kier molecular flexibility index (Phi) is 5.28. The highest BCUT2D eigenvalue weighted by molar-refractivity contribution is 4.92. The zero-order valence-corrected chi connectivity index (χ0v) is 9.79. The van der Waals surface area contributed by atoms with Crippen LogP contribution in [0.15, 0.2) is 0 Å². The summed E-state index contributed by atoms with van der Waals surface area (Å²) in [4.78, 5) is 4.45. The SMILES string of the molecule is CCCc1nc(CNCCOC)n(C)n1. The molecule has 1 aromatic rings. The molecule has 0 radical (unpaired) electrons. The molecule has 1 N–H and O–H groups in total. The van der Waals surface area contributed by atoms with E-state index in [-0.39, 0.29) is 0 Å². The number of methoxy groups -OCH3 is 1. The second kappa shape index (κ2) is 6.53. The quantitative estimate of drug-likeness (QED) is 0.669. The van der Waals surface area contributed by atoms with Crippen molar-refractivity contribution < 1.29 is 4.74 Å². The molecule has 0 aliphatic carbocycles. The molecule has 0 amide bonds. The second-order valence-electron chi connectivity index (χ2n) is 3.49. The number of ether oxygens (including phenoxy) is 1. The van der Waals surface area contributed by atoms with Gasteiger partial charge in [0, 0.05) is 27.1 Å². The molecule has 1 aromatic heterocycles. The molecule has 15 heavy (non-hydrogen) atoms. The molecule has 1 heterocycles. The standard InChI is InChI=1S/C10H20N4O/c1-4-5-9-12-10(14(2)13-9)8-11-6-7-15-3/h11H,4-8H2,1-3H3. The van der Waals surface area contributed by atoms with Gasteiger partial charge in [0.05, 0.1) is 13.2 Å². The van der Waals surface area contributed by atoms with E-state index in [0.717, 1.165) is 44.2 Å². The predicted octanol–water partition coefficient (Wildman–Crippen LogP) is 0.504. The minimum Gasteiger partial charge on any atom is -0.383 e. The van der Waals surface area contributed by atoms with Gasteiger partial charge in [-0.3, -0.25) is 4.68 Å². The van der Waals surface area contributed by atoms with Crippen LogP contribution in [0.2, 0.25) is 0 Å². The number of nitrogens with zero attached hydrogens (tertiary/aromatic N) is 3. The van der Waals surface area contributed by atoms with E-state index in [1.165, 1.54) is 0 Å². The summed E-state index contributed by atoms with van der Waals surface area (Å²) in [5.41, 5.74) is 0. The molecule has 0 aliphatic rings. The van der Waals surface area contributed by atoms with Gasteiger partial charge < -0.3 is 10.1 Å². The fourth-order valence-corrected chi connectivity index (χ4v) is 1.33. The van der Waals surface area contributed by atoms with Crippen molar-refractivity contribution in [3.63, 3.8) is 0 Å². The minimum atomic E-state index is 0.722. The van der Waals surface area contributed by atoms with Gasteiger partial charge in [0.25, 0.3) is 0 Å². The number of nitrogens with one attached hydrogen (secondary N) is 1. The van der Waals surface area contributed by atoms with Gasteiger partial charge in [-0.2, -0.15) is 5.10 Å². The number of rotatable bonds is 7. The molecule has 5 nitrogen and oxygen atoms in total. The number of aromatic nitrogens is 3. The van der Waals surface area contributed by atoms with E-state index < -0.39 is 0 Å². The smallest absolute Gasteiger partial charge is 0.150 e. The van der Waals surface area contributed by atoms with Gasteiger partial charge >= 0.3 is 0 Å². The minimum absolute atomic E-state index is 0.722. The molecule has 0 unspecified atom stereocenters. The van der Waals surface area contributed by atoms with Gasteiger partial charge in [0.15, 0.2) is 5.82 Å². The largest absolute Gasteiger partial charge is 0.383 e. The molecule has 86 valence electrons. The summed E-state index contributed by atoms with van der Waals surface area (Å²) in [7, 11) is 3.63. The summed E-state index contributed by atoms with van der Waals surface area (Å²) < 4.78 is 6.79. The van der Waals surface area contributed by atoms with E-state index in [9.17, 15) is 0 Å². The third kappa shape index (κ3) is 3.97. The highest BCUT2D eigenvalue weighted by Gasteiger charge is 2.05. The van der Waals surface area contributed by atoms with E-state index in [1.54, 1.807) is 7.11 Å². The van der Waals surface area contributed by atoms with Crippen LogP contribution in [0.3, 0.4) is 0 Å². The predicted molar refractivity (Wildman–Crippen MR) is 58.6 cm³/mol. The Morgan fingerprint density at radius 2 is 2.27 bits per heavy atom. The zero-order chi connectivity index (χ0) is 11.1. The van der Waals surface area contributed by atoms with Crippen LogP contribution in [0, 0.1) is 0 Å². The van der Waals surface area contributed by atoms with Crippen molar-refractivity contribution in [1.82, 2.24) is 20.1 Å². The molecule has 0 atom stereocenters. The summed E-state index contributed by atoms with van der Waals surface area (Å²) >= 11 is 0. The van der Waals surface area contributed by atoms with Crippen LogP contribution in [-0.2, 0) is 24.8 Å². The Bertz CT molecular complexity index is 285. The first-order chi connectivity index (χ1) is 7.27. The third-order valence-corrected chi connectivity index (χ3v) is 2.14. The van der Waals surface area contributed by atoms with Crippen LogP contribution >= 0.6 is 0 Å². The maximum Gasteiger partial charge on any atom is 0.150 e. The van der Waals surface area contributed by atoms with Crippen LogP contribution in [0.1, 0.15) is 25.0 Å². The number of hydrogen-bond donors (Lipinski definition) is 1. The molecular formula is C10H20N4O. The maximum atomic E-state index is 4.95. The van der Waals surface area contributed by atoms with Crippen molar-refractivity contribution >= 4 is 0 Å². The third-order valence-electron chi connectivity index (χ3n) is 2.14. The Balaban J connectivity index is 2.39. The lowest BCUT2D eigenvalue weighted by molar-refractivity contribution is 0.199. The molecule has 5 heteroatoms. The van der Waals surface area contributed by atoms with Crippen molar-refractivity contribution in [3.8, 4) is 0 Å². The zero-order valence-electron chi connectivity index (χ0n) is 9.79. The molecule has 1 rings (SSSR count).